The number of aromatic carboxylic acids is 1. The Morgan fingerprint density at radius 1 is 0.757 bits per heavy atom. The normalized spacial score (nSPS) is 14.3. The van der Waals surface area contributed by atoms with E-state index >= 15 is 0 Å². The lowest BCUT2D eigenvalue weighted by Crippen LogP contribution is -2.18. The van der Waals surface area contributed by atoms with Crippen molar-refractivity contribution in [3.63, 3.8) is 0 Å². The summed E-state index contributed by atoms with van der Waals surface area (Å²) in [4.78, 5) is 12.2. The number of ether oxygens (including phenoxy) is 1. The van der Waals surface area contributed by atoms with Gasteiger partial charge in [-0.15, -0.1) is 0 Å². The second kappa shape index (κ2) is 11.2. The molecule has 0 heterocycles. The third-order valence-corrected chi connectivity index (χ3v) is 7.92. The second-order valence-electron chi connectivity index (χ2n) is 8.67. The highest BCUT2D eigenvalue weighted by Crippen LogP contribution is 2.38. The van der Waals surface area contributed by atoms with Gasteiger partial charge >= 0.3 is 26.2 Å². The van der Waals surface area contributed by atoms with Gasteiger partial charge in [0.1, 0.15) is 28.6 Å². The molecule has 9 nitrogen and oxygen atoms in total. The van der Waals surface area contributed by atoms with Gasteiger partial charge < -0.3 is 18.2 Å². The van der Waals surface area contributed by atoms with Crippen molar-refractivity contribution in [3.05, 3.63) is 89.5 Å². The number of carboxylic acids is 1. The summed E-state index contributed by atoms with van der Waals surface area (Å²) < 4.78 is 67.5. The molecule has 0 spiro atoms. The van der Waals surface area contributed by atoms with Gasteiger partial charge in [-0.05, 0) is 36.8 Å². The summed E-state index contributed by atoms with van der Waals surface area (Å²) in [7, 11) is -8.50. The molecule has 4 rings (SSSR count). The van der Waals surface area contributed by atoms with Crippen LogP contribution in [0.4, 0.5) is 0 Å². The van der Waals surface area contributed by atoms with Crippen LogP contribution in [0, 0.1) is 0 Å². The second-order valence-corrected chi connectivity index (χ2v) is 11.8. The van der Waals surface area contributed by atoms with Gasteiger partial charge in [0.25, 0.3) is 0 Å². The van der Waals surface area contributed by atoms with Crippen molar-refractivity contribution in [2.45, 2.75) is 43.3 Å². The summed E-state index contributed by atoms with van der Waals surface area (Å²) >= 11 is 0. The molecule has 1 aliphatic carbocycles. The average Bonchev–Trinajstić information content (AvgIpc) is 3.32. The van der Waals surface area contributed by atoms with Gasteiger partial charge in [0.2, 0.25) is 0 Å². The van der Waals surface area contributed by atoms with Gasteiger partial charge in [-0.25, -0.2) is 4.79 Å². The molecule has 11 heteroatoms. The summed E-state index contributed by atoms with van der Waals surface area (Å²) in [5, 5.41) is 9.91. The fourth-order valence-electron chi connectivity index (χ4n) is 4.07. The zero-order valence-electron chi connectivity index (χ0n) is 19.8. The summed E-state index contributed by atoms with van der Waals surface area (Å²) in [6.45, 7) is 0. The van der Waals surface area contributed by atoms with Gasteiger partial charge in [0.15, 0.2) is 5.75 Å². The molecule has 1 N–H and O–H groups in total. The number of carbonyl (C=O) groups is 1. The van der Waals surface area contributed by atoms with E-state index in [0.29, 0.717) is 24.0 Å². The molecule has 37 heavy (non-hydrogen) atoms. The lowest BCUT2D eigenvalue weighted by atomic mass is 10.1. The molecule has 0 unspecified atom stereocenters. The number of hydrogen-bond donors (Lipinski definition) is 1. The van der Waals surface area contributed by atoms with Gasteiger partial charge in [-0.1, -0.05) is 60.7 Å². The molecule has 0 amide bonds. The van der Waals surface area contributed by atoms with Gasteiger partial charge in [0, 0.05) is 12.1 Å². The van der Waals surface area contributed by atoms with Crippen LogP contribution in [0.5, 0.6) is 17.2 Å². The minimum absolute atomic E-state index is 0.225. The molecule has 196 valence electrons. The van der Waals surface area contributed by atoms with Gasteiger partial charge in [0.05, 0.1) is 6.10 Å². The molecule has 0 bridgehead atoms. The minimum atomic E-state index is -4.32. The lowest BCUT2D eigenvalue weighted by Gasteiger charge is -2.19. The highest BCUT2D eigenvalue weighted by Gasteiger charge is 2.29. The Hall–Kier alpha value is -3.57. The Labute approximate surface area is 215 Å². The summed E-state index contributed by atoms with van der Waals surface area (Å²) in [5.74, 6) is -3.60. The Morgan fingerprint density at radius 2 is 1.24 bits per heavy atom. The van der Waals surface area contributed by atoms with Crippen molar-refractivity contribution in [2.24, 2.45) is 0 Å². The summed E-state index contributed by atoms with van der Waals surface area (Å²) in [5.41, 5.74) is 0.380. The van der Waals surface area contributed by atoms with E-state index in [1.165, 1.54) is 0 Å². The SMILES string of the molecule is O=C(O)c1c(OC2CCCC2)cc(OS(=O)(=O)Cc2ccccc2)cc1OS(=O)(=O)Cc1ccccc1. The molecular weight excluding hydrogens is 520 g/mol. The maximum Gasteiger partial charge on any atom is 0.343 e. The minimum Gasteiger partial charge on any atom is -0.489 e. The molecule has 0 saturated heterocycles. The molecule has 1 aliphatic rings. The first kappa shape index (κ1) is 26.5. The van der Waals surface area contributed by atoms with Crippen molar-refractivity contribution >= 4 is 26.2 Å². The van der Waals surface area contributed by atoms with Crippen LogP contribution in [-0.4, -0.2) is 34.0 Å². The van der Waals surface area contributed by atoms with E-state index in [0.717, 1.165) is 25.0 Å². The van der Waals surface area contributed by atoms with Crippen LogP contribution in [0.25, 0.3) is 0 Å². The van der Waals surface area contributed by atoms with Crippen LogP contribution in [0.1, 0.15) is 47.2 Å². The highest BCUT2D eigenvalue weighted by molar-refractivity contribution is 7.86. The first-order valence-electron chi connectivity index (χ1n) is 11.6. The summed E-state index contributed by atoms with van der Waals surface area (Å²) in [6.07, 6.45) is 2.84. The van der Waals surface area contributed by atoms with Crippen molar-refractivity contribution < 1.29 is 39.8 Å². The van der Waals surface area contributed by atoms with Crippen molar-refractivity contribution in [3.8, 4) is 17.2 Å². The fraction of sp³-hybridized carbons (Fsp3) is 0.269. The van der Waals surface area contributed by atoms with E-state index in [1.807, 2.05) is 0 Å². The van der Waals surface area contributed by atoms with E-state index in [2.05, 4.69) is 0 Å². The van der Waals surface area contributed by atoms with Crippen LogP contribution < -0.4 is 13.1 Å². The monoisotopic (exact) mass is 546 g/mol. The Balaban J connectivity index is 1.70. The largest absolute Gasteiger partial charge is 0.489 e. The summed E-state index contributed by atoms with van der Waals surface area (Å²) in [6, 6.07) is 18.6. The van der Waals surface area contributed by atoms with Crippen LogP contribution in [-0.2, 0) is 31.7 Å². The van der Waals surface area contributed by atoms with Gasteiger partial charge in [-0.3, -0.25) is 0 Å². The van der Waals surface area contributed by atoms with E-state index in [9.17, 15) is 26.7 Å². The van der Waals surface area contributed by atoms with Crippen molar-refractivity contribution in [1.29, 1.82) is 0 Å². The maximum absolute atomic E-state index is 12.8. The molecule has 0 radical (unpaired) electrons. The molecule has 0 aliphatic heterocycles. The van der Waals surface area contributed by atoms with E-state index in [1.54, 1.807) is 60.7 Å². The molecule has 0 aromatic heterocycles. The van der Waals surface area contributed by atoms with Crippen molar-refractivity contribution in [1.82, 2.24) is 0 Å². The zero-order valence-corrected chi connectivity index (χ0v) is 21.4. The number of hydrogen-bond acceptors (Lipinski definition) is 8. The Morgan fingerprint density at radius 3 is 1.76 bits per heavy atom. The molecular formula is C26H26O9S2. The molecule has 3 aromatic rings. The van der Waals surface area contributed by atoms with Crippen LogP contribution in [0.2, 0.25) is 0 Å². The number of rotatable bonds is 11. The fourth-order valence-corrected chi connectivity index (χ4v) is 6.18. The quantitative estimate of drug-likeness (QED) is 0.345. The predicted octanol–water partition coefficient (Wildman–Crippen LogP) is 4.52. The molecule has 0 atom stereocenters. The maximum atomic E-state index is 12.8. The standard InChI is InChI=1S/C26H26O9S2/c27-26(28)25-23(33-21-13-7-8-14-21)15-22(34-36(29,30)17-19-9-3-1-4-10-19)16-24(25)35-37(31,32)18-20-11-5-2-6-12-20/h1-6,9-12,15-16,21H,7-8,13-14,17-18H2,(H,27,28). The topological polar surface area (TPSA) is 133 Å². The number of carboxylic acid groups (broad SMARTS) is 1. The smallest absolute Gasteiger partial charge is 0.343 e. The molecule has 1 fully saturated rings. The van der Waals surface area contributed by atoms with E-state index in [-0.39, 0.29) is 17.6 Å². The Bertz CT molecular complexity index is 1450. The van der Waals surface area contributed by atoms with Crippen LogP contribution in [0.3, 0.4) is 0 Å². The van der Waals surface area contributed by atoms with Gasteiger partial charge in [-0.2, -0.15) is 16.8 Å². The van der Waals surface area contributed by atoms with Crippen LogP contribution >= 0.6 is 0 Å². The molecule has 1 saturated carbocycles. The number of benzene rings is 3. The Kier molecular flexibility index (Phi) is 8.03. The first-order valence-corrected chi connectivity index (χ1v) is 14.8. The van der Waals surface area contributed by atoms with E-state index in [4.69, 9.17) is 13.1 Å². The predicted molar refractivity (Wildman–Crippen MR) is 136 cm³/mol. The lowest BCUT2D eigenvalue weighted by molar-refractivity contribution is 0.0687. The first-order chi connectivity index (χ1) is 17.6. The van der Waals surface area contributed by atoms with E-state index < -0.39 is 49.0 Å². The van der Waals surface area contributed by atoms with Crippen LogP contribution in [0.15, 0.2) is 72.8 Å². The third kappa shape index (κ3) is 7.46. The third-order valence-electron chi connectivity index (χ3n) is 5.66. The van der Waals surface area contributed by atoms with Crippen molar-refractivity contribution in [2.75, 3.05) is 0 Å². The highest BCUT2D eigenvalue weighted by atomic mass is 32.2. The average molecular weight is 547 g/mol. The zero-order chi connectivity index (χ0) is 26.5. The molecule has 3 aromatic carbocycles.